The van der Waals surface area contributed by atoms with Crippen molar-refractivity contribution in [1.29, 1.82) is 0 Å². The third kappa shape index (κ3) is 4.37. The minimum atomic E-state index is -1.65. The molecule has 0 saturated carbocycles. The summed E-state index contributed by atoms with van der Waals surface area (Å²) in [5.41, 5.74) is 3.41. The summed E-state index contributed by atoms with van der Waals surface area (Å²) in [4.78, 5) is 0. The van der Waals surface area contributed by atoms with Crippen molar-refractivity contribution in [2.75, 3.05) is 0 Å². The molecule has 0 unspecified atom stereocenters. The van der Waals surface area contributed by atoms with E-state index in [1.54, 1.807) is 0 Å². The second kappa shape index (κ2) is 7.17. The van der Waals surface area contributed by atoms with Gasteiger partial charge in [0.05, 0.1) is 11.4 Å². The minimum Gasteiger partial charge on any atom is -0.384 e. The molecule has 0 bridgehead atoms. The molecule has 0 N–H and O–H groups in total. The maximum absolute atomic E-state index is 6.33. The van der Waals surface area contributed by atoms with Crippen LogP contribution in [0.15, 0.2) is 60.7 Å². The lowest BCUT2D eigenvalue weighted by molar-refractivity contribution is 0.535. The second-order valence-electron chi connectivity index (χ2n) is 5.83. The monoisotopic (exact) mass is 314 g/mol. The topological polar surface area (TPSA) is 9.23 Å². The fourth-order valence-corrected chi connectivity index (χ4v) is 4.23. The van der Waals surface area contributed by atoms with Crippen LogP contribution < -0.4 is 0 Å². The Morgan fingerprint density at radius 3 is 1.76 bits per heavy atom. The Balaban J connectivity index is 2.36. The zero-order chi connectivity index (χ0) is 15.3. The van der Waals surface area contributed by atoms with Crippen molar-refractivity contribution in [3.8, 4) is 0 Å². The number of hydrogen-bond acceptors (Lipinski definition) is 1. The molecule has 2 aromatic rings. The summed E-state index contributed by atoms with van der Waals surface area (Å²) in [6.45, 7) is 6.70. The summed E-state index contributed by atoms with van der Waals surface area (Å²) in [6, 6.07) is 22.1. The van der Waals surface area contributed by atoms with Gasteiger partial charge in [-0.25, -0.2) is 0 Å². The maximum Gasteiger partial charge on any atom is 0.194 e. The molecule has 0 spiro atoms. The summed E-state index contributed by atoms with van der Waals surface area (Å²) in [5, 5.41) is 0. The number of hydrogen-bond donors (Lipinski definition) is 0. The molecule has 1 nitrogen and oxygen atoms in total. The van der Waals surface area contributed by atoms with E-state index in [0.717, 1.165) is 11.5 Å². The quantitative estimate of drug-likeness (QED) is 0.517. The zero-order valence-corrected chi connectivity index (χ0v) is 15.0. The van der Waals surface area contributed by atoms with Crippen LogP contribution in [-0.2, 0) is 4.43 Å². The van der Waals surface area contributed by atoms with E-state index in [-0.39, 0.29) is 5.92 Å². The van der Waals surface area contributed by atoms with E-state index in [2.05, 4.69) is 77.4 Å². The Kier molecular flexibility index (Phi) is 5.52. The van der Waals surface area contributed by atoms with Crippen molar-refractivity contribution in [1.82, 2.24) is 0 Å². The van der Waals surface area contributed by atoms with Gasteiger partial charge in [-0.3, -0.25) is 0 Å². The predicted molar refractivity (Wildman–Crippen MR) is 97.1 cm³/mol. The average Bonchev–Trinajstić information content (AvgIpc) is 2.49. The van der Waals surface area contributed by atoms with Crippen LogP contribution in [0.2, 0.25) is 19.1 Å². The van der Waals surface area contributed by atoms with E-state index in [1.165, 1.54) is 11.1 Å². The van der Waals surface area contributed by atoms with Crippen molar-refractivity contribution >= 4 is 22.7 Å². The molecular formula is C18H23OPSi. The van der Waals surface area contributed by atoms with Gasteiger partial charge in [0.1, 0.15) is 0 Å². The van der Waals surface area contributed by atoms with E-state index >= 15 is 0 Å². The van der Waals surface area contributed by atoms with Crippen LogP contribution in [0.5, 0.6) is 0 Å². The van der Waals surface area contributed by atoms with E-state index in [1.807, 2.05) is 12.1 Å². The first-order valence-corrected chi connectivity index (χ1v) is 11.0. The molecule has 3 heteroatoms. The fraction of sp³-hybridized carbons (Fsp3) is 0.278. The van der Waals surface area contributed by atoms with Crippen molar-refractivity contribution in [2.24, 2.45) is 0 Å². The molecule has 0 heterocycles. The molecule has 0 fully saturated rings. The average molecular weight is 314 g/mol. The molecule has 0 aromatic heterocycles. The van der Waals surface area contributed by atoms with Crippen molar-refractivity contribution in [2.45, 2.75) is 32.0 Å². The van der Waals surface area contributed by atoms with Gasteiger partial charge in [0.2, 0.25) is 0 Å². The van der Waals surface area contributed by atoms with Gasteiger partial charge >= 0.3 is 0 Å². The van der Waals surface area contributed by atoms with Gasteiger partial charge in [-0.05, 0) is 30.3 Å². The Morgan fingerprint density at radius 2 is 1.38 bits per heavy atom. The Hall–Kier alpha value is -1.21. The SMILES string of the molecule is CC[Si](C)(C)OC(=P)C(c1ccccc1)c1ccccc1. The van der Waals surface area contributed by atoms with Crippen LogP contribution in [0.3, 0.4) is 0 Å². The highest BCUT2D eigenvalue weighted by Gasteiger charge is 2.26. The highest BCUT2D eigenvalue weighted by molar-refractivity contribution is 7.21. The molecule has 0 saturated heterocycles. The normalized spacial score (nSPS) is 11.6. The molecule has 21 heavy (non-hydrogen) atoms. The summed E-state index contributed by atoms with van der Waals surface area (Å²) in [6.07, 6.45) is 0. The molecule has 2 rings (SSSR count). The first kappa shape index (κ1) is 16.2. The lowest BCUT2D eigenvalue weighted by Crippen LogP contribution is -2.33. The van der Waals surface area contributed by atoms with E-state index < -0.39 is 8.32 Å². The molecular weight excluding hydrogens is 291 g/mol. The van der Waals surface area contributed by atoms with Gasteiger partial charge in [-0.15, -0.1) is 0 Å². The largest absolute Gasteiger partial charge is 0.384 e. The Morgan fingerprint density at radius 1 is 0.952 bits per heavy atom. The summed E-state index contributed by atoms with van der Waals surface area (Å²) in [5.74, 6) is 0.127. The second-order valence-corrected chi connectivity index (χ2v) is 10.8. The highest BCUT2D eigenvalue weighted by Crippen LogP contribution is 2.29. The van der Waals surface area contributed by atoms with Gasteiger partial charge < -0.3 is 4.43 Å². The standard InChI is InChI=1S/C18H23OPSi/c1-4-21(2,3)19-18(20)17(15-11-7-5-8-12-15)16-13-9-6-10-14-16/h5-14,17,20H,4H2,1-3H3. The van der Waals surface area contributed by atoms with Crippen molar-refractivity contribution < 1.29 is 4.43 Å². The van der Waals surface area contributed by atoms with Crippen LogP contribution in [0.25, 0.3) is 0 Å². The highest BCUT2D eigenvalue weighted by atomic mass is 31.0. The predicted octanol–water partition coefficient (Wildman–Crippen LogP) is 5.33. The first-order valence-electron chi connectivity index (χ1n) is 7.41. The molecule has 0 radical (unpaired) electrons. The molecule has 0 aliphatic carbocycles. The van der Waals surface area contributed by atoms with Crippen LogP contribution in [-0.4, -0.2) is 13.8 Å². The van der Waals surface area contributed by atoms with Crippen molar-refractivity contribution in [3.63, 3.8) is 0 Å². The maximum atomic E-state index is 6.33. The van der Waals surface area contributed by atoms with Gasteiger partial charge in [-0.2, -0.15) is 0 Å². The lowest BCUT2D eigenvalue weighted by Gasteiger charge is -2.27. The minimum absolute atomic E-state index is 0.127. The third-order valence-corrected chi connectivity index (χ3v) is 6.84. The van der Waals surface area contributed by atoms with Gasteiger partial charge in [-0.1, -0.05) is 76.5 Å². The lowest BCUT2D eigenvalue weighted by atomic mass is 9.92. The summed E-state index contributed by atoms with van der Waals surface area (Å²) in [7, 11) is 2.13. The fourth-order valence-electron chi connectivity index (χ4n) is 2.21. The summed E-state index contributed by atoms with van der Waals surface area (Å²) >= 11 is 0. The van der Waals surface area contributed by atoms with Gasteiger partial charge in [0.15, 0.2) is 8.32 Å². The molecule has 110 valence electrons. The zero-order valence-electron chi connectivity index (χ0n) is 13.0. The third-order valence-electron chi connectivity index (χ3n) is 3.77. The molecule has 0 aliphatic rings. The summed E-state index contributed by atoms with van der Waals surface area (Å²) < 4.78 is 6.33. The van der Waals surface area contributed by atoms with E-state index in [4.69, 9.17) is 4.43 Å². The van der Waals surface area contributed by atoms with Crippen LogP contribution >= 0.6 is 8.86 Å². The van der Waals surface area contributed by atoms with Crippen LogP contribution in [0, 0.1) is 0 Å². The van der Waals surface area contributed by atoms with E-state index in [0.29, 0.717) is 0 Å². The number of benzene rings is 2. The smallest absolute Gasteiger partial charge is 0.194 e. The Bertz CT molecular complexity index is 541. The van der Waals surface area contributed by atoms with Crippen molar-refractivity contribution in [3.05, 3.63) is 71.8 Å². The Labute approximate surface area is 131 Å². The van der Waals surface area contributed by atoms with Crippen LogP contribution in [0.4, 0.5) is 0 Å². The van der Waals surface area contributed by atoms with E-state index in [9.17, 15) is 0 Å². The molecule has 0 atom stereocenters. The van der Waals surface area contributed by atoms with Gasteiger partial charge in [0, 0.05) is 0 Å². The first-order chi connectivity index (χ1) is 10.0. The van der Waals surface area contributed by atoms with Crippen LogP contribution in [0.1, 0.15) is 24.0 Å². The number of rotatable bonds is 6. The van der Waals surface area contributed by atoms with Gasteiger partial charge in [0.25, 0.3) is 0 Å². The molecule has 0 aliphatic heterocycles. The molecule has 2 aromatic carbocycles. The molecule has 0 amide bonds.